The van der Waals surface area contributed by atoms with E-state index in [9.17, 15) is 14.4 Å². The van der Waals surface area contributed by atoms with Crippen LogP contribution >= 0.6 is 11.3 Å². The third kappa shape index (κ3) is 6.70. The van der Waals surface area contributed by atoms with Crippen LogP contribution in [0.3, 0.4) is 0 Å². The van der Waals surface area contributed by atoms with Gasteiger partial charge >= 0.3 is 11.9 Å². The topological polar surface area (TPSA) is 124 Å². The number of rotatable bonds is 13. The van der Waals surface area contributed by atoms with Crippen molar-refractivity contribution in [3.63, 3.8) is 0 Å². The van der Waals surface area contributed by atoms with Gasteiger partial charge in [-0.1, -0.05) is 42.2 Å². The molecule has 12 heteroatoms. The maximum Gasteiger partial charge on any atom is 0.343 e. The van der Waals surface area contributed by atoms with Crippen LogP contribution in [0.5, 0.6) is 23.0 Å². The highest BCUT2D eigenvalue weighted by atomic mass is 32.1. The van der Waals surface area contributed by atoms with Crippen LogP contribution in [0.25, 0.3) is 6.08 Å². The molecule has 44 heavy (non-hydrogen) atoms. The van der Waals surface area contributed by atoms with Crippen LogP contribution in [0.15, 0.2) is 70.1 Å². The highest BCUT2D eigenvalue weighted by molar-refractivity contribution is 7.07. The summed E-state index contributed by atoms with van der Waals surface area (Å²) in [5, 5.41) is 0. The normalized spacial score (nSPS) is 14.3. The minimum Gasteiger partial charge on any atom is -0.493 e. The Bertz CT molecular complexity index is 1770. The molecule has 11 nitrogen and oxygen atoms in total. The Morgan fingerprint density at radius 3 is 2.52 bits per heavy atom. The van der Waals surface area contributed by atoms with E-state index in [2.05, 4.69) is 16.3 Å². The lowest BCUT2D eigenvalue weighted by Gasteiger charge is -2.25. The van der Waals surface area contributed by atoms with Gasteiger partial charge in [0.25, 0.3) is 5.56 Å². The van der Waals surface area contributed by atoms with E-state index in [0.29, 0.717) is 55.8 Å². The van der Waals surface area contributed by atoms with Crippen molar-refractivity contribution in [1.29, 1.82) is 0 Å². The van der Waals surface area contributed by atoms with Gasteiger partial charge in [-0.3, -0.25) is 9.36 Å². The van der Waals surface area contributed by atoms with Crippen molar-refractivity contribution in [2.24, 2.45) is 4.99 Å². The van der Waals surface area contributed by atoms with Crippen LogP contribution in [0.2, 0.25) is 0 Å². The molecule has 0 fully saturated rings. The van der Waals surface area contributed by atoms with Crippen molar-refractivity contribution in [1.82, 2.24) is 4.57 Å². The fourth-order valence-electron chi connectivity index (χ4n) is 4.63. The van der Waals surface area contributed by atoms with Gasteiger partial charge in [-0.05, 0) is 50.6 Å². The van der Waals surface area contributed by atoms with Gasteiger partial charge in [-0.15, -0.1) is 0 Å². The van der Waals surface area contributed by atoms with Crippen LogP contribution < -0.4 is 33.8 Å². The molecule has 0 saturated carbocycles. The van der Waals surface area contributed by atoms with E-state index in [1.54, 1.807) is 63.3 Å². The maximum absolute atomic E-state index is 14.1. The van der Waals surface area contributed by atoms with E-state index >= 15 is 0 Å². The predicted molar refractivity (Wildman–Crippen MR) is 164 cm³/mol. The molecule has 232 valence electrons. The molecular weight excluding hydrogens is 588 g/mol. The minimum atomic E-state index is -0.886. The molecule has 4 rings (SSSR count). The van der Waals surface area contributed by atoms with Gasteiger partial charge in [0.2, 0.25) is 0 Å². The van der Waals surface area contributed by atoms with Crippen molar-refractivity contribution in [2.75, 3.05) is 40.6 Å². The number of para-hydroxylation sites is 1. The molecule has 0 saturated heterocycles. The summed E-state index contributed by atoms with van der Waals surface area (Å²) in [6, 6.07) is 9.50. The number of methoxy groups -OCH3 is 2. The maximum atomic E-state index is 14.1. The van der Waals surface area contributed by atoms with Gasteiger partial charge in [0.15, 0.2) is 34.4 Å². The zero-order valence-corrected chi connectivity index (χ0v) is 26.0. The van der Waals surface area contributed by atoms with Gasteiger partial charge in [0.05, 0.1) is 49.3 Å². The lowest BCUT2D eigenvalue weighted by molar-refractivity contribution is -0.143. The predicted octanol–water partition coefficient (Wildman–Crippen LogP) is 3.32. The van der Waals surface area contributed by atoms with Gasteiger partial charge in [0.1, 0.15) is 6.61 Å². The highest BCUT2D eigenvalue weighted by Crippen LogP contribution is 2.37. The van der Waals surface area contributed by atoms with Crippen LogP contribution in [-0.4, -0.2) is 57.2 Å². The smallest absolute Gasteiger partial charge is 0.343 e. The molecule has 0 amide bonds. The second-order valence-corrected chi connectivity index (χ2v) is 10.3. The first-order valence-corrected chi connectivity index (χ1v) is 14.7. The number of carbonyl (C=O) groups excluding carboxylic acids is 2. The Hall–Kier alpha value is -4.84. The first-order valence-electron chi connectivity index (χ1n) is 13.8. The number of benzene rings is 2. The number of nitrogens with zero attached hydrogens (tertiary/aromatic N) is 2. The summed E-state index contributed by atoms with van der Waals surface area (Å²) in [6.07, 6.45) is 3.33. The quantitative estimate of drug-likeness (QED) is 0.209. The van der Waals surface area contributed by atoms with Crippen LogP contribution in [0.1, 0.15) is 37.9 Å². The number of ether oxygens (including phenoxy) is 6. The van der Waals surface area contributed by atoms with E-state index in [1.165, 1.54) is 30.1 Å². The van der Waals surface area contributed by atoms with Crippen molar-refractivity contribution >= 4 is 29.4 Å². The summed E-state index contributed by atoms with van der Waals surface area (Å²) < 4.78 is 34.7. The molecule has 2 aromatic carbocycles. The third-order valence-electron chi connectivity index (χ3n) is 6.53. The molecule has 0 aliphatic carbocycles. The number of aromatic nitrogens is 1. The number of esters is 2. The monoisotopic (exact) mass is 622 g/mol. The molecule has 0 unspecified atom stereocenters. The minimum absolute atomic E-state index is 0.139. The molecule has 1 aliphatic heterocycles. The molecule has 1 aromatic heterocycles. The zero-order chi connectivity index (χ0) is 31.8. The molecule has 3 aromatic rings. The highest BCUT2D eigenvalue weighted by Gasteiger charge is 2.34. The van der Waals surface area contributed by atoms with Gasteiger partial charge in [-0.25, -0.2) is 14.6 Å². The van der Waals surface area contributed by atoms with Gasteiger partial charge in [-0.2, -0.15) is 0 Å². The van der Waals surface area contributed by atoms with Crippen LogP contribution in [-0.2, 0) is 19.1 Å². The van der Waals surface area contributed by atoms with Crippen LogP contribution in [0.4, 0.5) is 0 Å². The average Bonchev–Trinajstić information content (AvgIpc) is 3.32. The second-order valence-electron chi connectivity index (χ2n) is 9.28. The lowest BCUT2D eigenvalue weighted by atomic mass is 9.95. The number of fused-ring (bicyclic) bond motifs is 1. The summed E-state index contributed by atoms with van der Waals surface area (Å²) in [4.78, 5) is 44.1. The van der Waals surface area contributed by atoms with Crippen molar-refractivity contribution < 1.29 is 38.0 Å². The van der Waals surface area contributed by atoms with Crippen LogP contribution in [0, 0.1) is 0 Å². The number of carbonyl (C=O) groups is 2. The fraction of sp³-hybridized carbons (Fsp3) is 0.312. The Kier molecular flexibility index (Phi) is 10.6. The van der Waals surface area contributed by atoms with E-state index in [-0.39, 0.29) is 31.0 Å². The number of hydrogen-bond acceptors (Lipinski definition) is 11. The fourth-order valence-corrected chi connectivity index (χ4v) is 5.67. The first kappa shape index (κ1) is 32.1. The largest absolute Gasteiger partial charge is 0.493 e. The first-order chi connectivity index (χ1) is 21.3. The summed E-state index contributed by atoms with van der Waals surface area (Å²) in [5.41, 5.74) is 1.45. The third-order valence-corrected chi connectivity index (χ3v) is 7.52. The van der Waals surface area contributed by atoms with E-state index < -0.39 is 18.0 Å². The Balaban J connectivity index is 1.92. The molecule has 1 atom stereocenters. The van der Waals surface area contributed by atoms with E-state index in [1.807, 2.05) is 6.07 Å². The van der Waals surface area contributed by atoms with E-state index in [0.717, 1.165) is 0 Å². The molecule has 0 radical (unpaired) electrons. The van der Waals surface area contributed by atoms with Crippen molar-refractivity contribution in [2.45, 2.75) is 26.8 Å². The van der Waals surface area contributed by atoms with Crippen molar-refractivity contribution in [3.05, 3.63) is 91.1 Å². The zero-order valence-electron chi connectivity index (χ0n) is 25.2. The summed E-state index contributed by atoms with van der Waals surface area (Å²) in [5.74, 6) is 0.450. The number of hydrogen-bond donors (Lipinski definition) is 0. The Morgan fingerprint density at radius 1 is 1.05 bits per heavy atom. The Morgan fingerprint density at radius 2 is 1.84 bits per heavy atom. The number of thiazole rings is 1. The summed E-state index contributed by atoms with van der Waals surface area (Å²) in [7, 11) is 2.80. The van der Waals surface area contributed by atoms with Crippen molar-refractivity contribution in [3.8, 4) is 23.0 Å². The molecule has 0 N–H and O–H groups in total. The lowest BCUT2D eigenvalue weighted by Crippen LogP contribution is -2.40. The molecule has 0 bridgehead atoms. The summed E-state index contributed by atoms with van der Waals surface area (Å²) in [6.45, 7) is 9.29. The summed E-state index contributed by atoms with van der Waals surface area (Å²) >= 11 is 1.18. The molecular formula is C32H34N2O9S. The molecule has 2 heterocycles. The molecule has 1 aliphatic rings. The standard InChI is InChI=1S/C32H34N2O9S/c1-7-15-42-29-21(11-10-12-23(29)38-5)17-25-30(36)34-28(27(31(37)41-9-3)19(4)33-32(34)44-25)20-13-14-22(24(16-20)40-8-2)43-18-26(35)39-6/h7,10-14,16-17,28H,1,8-9,15,18H2,2-6H3/b25-17+/t28-/m0/s1. The number of allylic oxidation sites excluding steroid dienone is 1. The SMILES string of the molecule is C=CCOc1c(/C=c2/sc3n(c2=O)[C@@H](c2ccc(OCC(=O)OC)c(OCC)c2)C(C(=O)OCC)=C(C)N=3)cccc1OC. The Labute approximate surface area is 258 Å². The molecule has 0 spiro atoms. The average molecular weight is 623 g/mol. The second kappa shape index (κ2) is 14.6. The van der Waals surface area contributed by atoms with Gasteiger partial charge in [0, 0.05) is 5.56 Å². The van der Waals surface area contributed by atoms with Gasteiger partial charge < -0.3 is 28.4 Å². The van der Waals surface area contributed by atoms with E-state index in [4.69, 9.17) is 23.7 Å².